The molecule has 0 saturated heterocycles. The van der Waals surface area contributed by atoms with Gasteiger partial charge in [-0.2, -0.15) is 0 Å². The van der Waals surface area contributed by atoms with Crippen LogP contribution in [0, 0.1) is 0 Å². The number of aromatic carboxylic acids is 1. The molecule has 2 N–H and O–H groups in total. The highest BCUT2D eigenvalue weighted by atomic mass is 16.4. The summed E-state index contributed by atoms with van der Waals surface area (Å²) in [6, 6.07) is 3.87. The molecule has 0 unspecified atom stereocenters. The molecule has 0 atom stereocenters. The predicted octanol–water partition coefficient (Wildman–Crippen LogP) is 0.161. The minimum absolute atomic E-state index is 0.0378. The van der Waals surface area contributed by atoms with Gasteiger partial charge in [-0.25, -0.2) is 4.79 Å². The van der Waals surface area contributed by atoms with E-state index in [0.29, 0.717) is 13.1 Å². The first-order valence-electron chi connectivity index (χ1n) is 5.49. The minimum atomic E-state index is -1.06. The number of rotatable bonds is 6. The summed E-state index contributed by atoms with van der Waals surface area (Å²) in [6.07, 6.45) is 4.90. The number of hydrogen-bond donors (Lipinski definition) is 2. The number of carbonyl (C=O) groups is 1. The van der Waals surface area contributed by atoms with E-state index in [4.69, 9.17) is 5.11 Å². The largest absolute Gasteiger partial charge is 0.476 e. The molecule has 2 aromatic rings. The van der Waals surface area contributed by atoms with Crippen molar-refractivity contribution in [1.82, 2.24) is 25.3 Å². The van der Waals surface area contributed by atoms with E-state index in [9.17, 15) is 4.79 Å². The average Bonchev–Trinajstić information content (AvgIpc) is 2.85. The zero-order chi connectivity index (χ0) is 12.8. The Morgan fingerprint density at radius 2 is 2.17 bits per heavy atom. The van der Waals surface area contributed by atoms with Gasteiger partial charge in [-0.05, 0) is 17.7 Å². The summed E-state index contributed by atoms with van der Waals surface area (Å²) in [4.78, 5) is 14.5. The Morgan fingerprint density at radius 1 is 1.39 bits per heavy atom. The minimum Gasteiger partial charge on any atom is -0.476 e. The molecule has 7 heteroatoms. The van der Waals surface area contributed by atoms with Gasteiger partial charge in [0, 0.05) is 25.5 Å². The fourth-order valence-corrected chi connectivity index (χ4v) is 1.43. The molecule has 0 aliphatic heterocycles. The van der Waals surface area contributed by atoms with Gasteiger partial charge in [0.05, 0.1) is 12.7 Å². The standard InChI is InChI=1S/C11H13N5O2/c17-11(18)10-8-16(15-14-10)6-5-13-7-9-1-3-12-4-2-9/h1-4,8,13H,5-7H2,(H,17,18). The first-order valence-corrected chi connectivity index (χ1v) is 5.49. The molecule has 0 aliphatic carbocycles. The lowest BCUT2D eigenvalue weighted by Crippen LogP contribution is -2.19. The molecule has 18 heavy (non-hydrogen) atoms. The fourth-order valence-electron chi connectivity index (χ4n) is 1.43. The Bertz CT molecular complexity index is 511. The zero-order valence-electron chi connectivity index (χ0n) is 9.65. The third kappa shape index (κ3) is 3.36. The summed E-state index contributed by atoms with van der Waals surface area (Å²) in [6.45, 7) is 2.00. The van der Waals surface area contributed by atoms with Crippen LogP contribution in [0.15, 0.2) is 30.7 Å². The van der Waals surface area contributed by atoms with Gasteiger partial charge >= 0.3 is 5.97 Å². The van der Waals surface area contributed by atoms with Crippen molar-refractivity contribution < 1.29 is 9.90 Å². The van der Waals surface area contributed by atoms with Gasteiger partial charge in [-0.1, -0.05) is 5.21 Å². The van der Waals surface area contributed by atoms with E-state index in [1.807, 2.05) is 12.1 Å². The lowest BCUT2D eigenvalue weighted by Gasteiger charge is -2.04. The summed E-state index contributed by atoms with van der Waals surface area (Å²) >= 11 is 0. The molecular formula is C11H13N5O2. The molecule has 2 rings (SSSR count). The topological polar surface area (TPSA) is 92.9 Å². The van der Waals surface area contributed by atoms with E-state index in [0.717, 1.165) is 12.1 Å². The first-order chi connectivity index (χ1) is 8.75. The van der Waals surface area contributed by atoms with Crippen LogP contribution in [-0.2, 0) is 13.1 Å². The second kappa shape index (κ2) is 5.87. The van der Waals surface area contributed by atoms with Gasteiger partial charge in [-0.15, -0.1) is 5.10 Å². The number of nitrogens with one attached hydrogen (secondary N) is 1. The summed E-state index contributed by atoms with van der Waals surface area (Å²) in [5, 5.41) is 19.2. The SMILES string of the molecule is O=C(O)c1cn(CCNCc2ccncc2)nn1. The van der Waals surface area contributed by atoms with Crippen LogP contribution in [0.3, 0.4) is 0 Å². The number of carboxylic acids is 1. The molecular weight excluding hydrogens is 234 g/mol. The maximum absolute atomic E-state index is 10.6. The highest BCUT2D eigenvalue weighted by Crippen LogP contribution is 1.95. The summed E-state index contributed by atoms with van der Waals surface area (Å²) in [7, 11) is 0. The number of aromatic nitrogens is 4. The molecule has 0 saturated carbocycles. The van der Waals surface area contributed by atoms with Crippen LogP contribution >= 0.6 is 0 Å². The van der Waals surface area contributed by atoms with E-state index < -0.39 is 5.97 Å². The van der Waals surface area contributed by atoms with Crippen molar-refractivity contribution in [3.8, 4) is 0 Å². The van der Waals surface area contributed by atoms with Crippen molar-refractivity contribution in [2.24, 2.45) is 0 Å². The van der Waals surface area contributed by atoms with E-state index in [-0.39, 0.29) is 5.69 Å². The van der Waals surface area contributed by atoms with Crippen LogP contribution in [0.25, 0.3) is 0 Å². The fraction of sp³-hybridized carbons (Fsp3) is 0.273. The van der Waals surface area contributed by atoms with Gasteiger partial charge in [0.15, 0.2) is 5.69 Å². The smallest absolute Gasteiger partial charge is 0.358 e. The van der Waals surface area contributed by atoms with Gasteiger partial charge in [0.1, 0.15) is 0 Å². The average molecular weight is 247 g/mol. The van der Waals surface area contributed by atoms with Crippen LogP contribution in [-0.4, -0.2) is 37.6 Å². The summed E-state index contributed by atoms with van der Waals surface area (Å²) in [5.41, 5.74) is 1.11. The Balaban J connectivity index is 1.73. The third-order valence-corrected chi connectivity index (χ3v) is 2.35. The Hall–Kier alpha value is -2.28. The molecule has 2 aromatic heterocycles. The quantitative estimate of drug-likeness (QED) is 0.706. The lowest BCUT2D eigenvalue weighted by molar-refractivity contribution is 0.0690. The van der Waals surface area contributed by atoms with Crippen LogP contribution in [0.1, 0.15) is 16.1 Å². The molecule has 0 radical (unpaired) electrons. The number of nitrogens with zero attached hydrogens (tertiary/aromatic N) is 4. The molecule has 0 amide bonds. The van der Waals surface area contributed by atoms with Gasteiger partial charge in [0.25, 0.3) is 0 Å². The van der Waals surface area contributed by atoms with Crippen molar-refractivity contribution >= 4 is 5.97 Å². The van der Waals surface area contributed by atoms with E-state index in [1.165, 1.54) is 10.9 Å². The Labute approximate surface area is 103 Å². The van der Waals surface area contributed by atoms with Crippen LogP contribution in [0.5, 0.6) is 0 Å². The van der Waals surface area contributed by atoms with Crippen molar-refractivity contribution in [3.05, 3.63) is 42.0 Å². The third-order valence-electron chi connectivity index (χ3n) is 2.35. The van der Waals surface area contributed by atoms with Crippen LogP contribution in [0.2, 0.25) is 0 Å². The summed E-state index contributed by atoms with van der Waals surface area (Å²) in [5.74, 6) is -1.06. The number of pyridine rings is 1. The van der Waals surface area contributed by atoms with E-state index in [2.05, 4.69) is 20.6 Å². The van der Waals surface area contributed by atoms with Crippen LogP contribution in [0.4, 0.5) is 0 Å². The summed E-state index contributed by atoms with van der Waals surface area (Å²) < 4.78 is 1.50. The van der Waals surface area contributed by atoms with Crippen molar-refractivity contribution in [2.75, 3.05) is 6.54 Å². The zero-order valence-corrected chi connectivity index (χ0v) is 9.65. The van der Waals surface area contributed by atoms with Crippen LogP contribution < -0.4 is 5.32 Å². The van der Waals surface area contributed by atoms with Gasteiger partial charge in [-0.3, -0.25) is 9.67 Å². The molecule has 0 aromatic carbocycles. The number of carboxylic acid groups (broad SMARTS) is 1. The van der Waals surface area contributed by atoms with Gasteiger partial charge in [0.2, 0.25) is 0 Å². The normalized spacial score (nSPS) is 10.4. The van der Waals surface area contributed by atoms with Crippen molar-refractivity contribution in [3.63, 3.8) is 0 Å². The second-order valence-electron chi connectivity index (χ2n) is 3.70. The molecule has 0 bridgehead atoms. The monoisotopic (exact) mass is 247 g/mol. The van der Waals surface area contributed by atoms with E-state index >= 15 is 0 Å². The molecule has 0 spiro atoms. The molecule has 94 valence electrons. The van der Waals surface area contributed by atoms with Gasteiger partial charge < -0.3 is 10.4 Å². The molecule has 7 nitrogen and oxygen atoms in total. The molecule has 0 aliphatic rings. The molecule has 2 heterocycles. The molecule has 0 fully saturated rings. The first kappa shape index (κ1) is 12.2. The van der Waals surface area contributed by atoms with Crippen molar-refractivity contribution in [1.29, 1.82) is 0 Å². The Kier molecular flexibility index (Phi) is 3.98. The lowest BCUT2D eigenvalue weighted by atomic mass is 10.3. The number of hydrogen-bond acceptors (Lipinski definition) is 5. The second-order valence-corrected chi connectivity index (χ2v) is 3.70. The van der Waals surface area contributed by atoms with E-state index in [1.54, 1.807) is 12.4 Å². The maximum atomic E-state index is 10.6. The highest BCUT2D eigenvalue weighted by Gasteiger charge is 2.07. The van der Waals surface area contributed by atoms with Crippen molar-refractivity contribution in [2.45, 2.75) is 13.1 Å². The highest BCUT2D eigenvalue weighted by molar-refractivity contribution is 5.84. The Morgan fingerprint density at radius 3 is 2.83 bits per heavy atom. The predicted molar refractivity (Wildman–Crippen MR) is 62.9 cm³/mol. The maximum Gasteiger partial charge on any atom is 0.358 e.